The van der Waals surface area contributed by atoms with Crippen molar-refractivity contribution in [1.29, 1.82) is 0 Å². The number of allylic oxidation sites excluding steroid dienone is 1. The number of esters is 1. The highest BCUT2D eigenvalue weighted by molar-refractivity contribution is 8.04. The summed E-state index contributed by atoms with van der Waals surface area (Å²) >= 11 is 1.64. The number of amides is 1. The molecule has 35 heavy (non-hydrogen) atoms. The second kappa shape index (κ2) is 11.8. The maximum Gasteiger partial charge on any atom is 0.345 e. The fraction of sp³-hybridized carbons (Fsp3) is 0.500. The van der Waals surface area contributed by atoms with Crippen LogP contribution in [0.15, 0.2) is 35.2 Å². The molecule has 0 aliphatic carbocycles. The van der Waals surface area contributed by atoms with Crippen molar-refractivity contribution >= 4 is 40.2 Å². The number of rotatable bonds is 9. The van der Waals surface area contributed by atoms with Crippen LogP contribution in [0.3, 0.4) is 0 Å². The van der Waals surface area contributed by atoms with E-state index < -0.39 is 5.97 Å². The van der Waals surface area contributed by atoms with Crippen LogP contribution in [0, 0.1) is 0 Å². The number of aromatic nitrogens is 1. The Hall–Kier alpha value is -2.78. The van der Waals surface area contributed by atoms with E-state index in [4.69, 9.17) is 14.5 Å². The maximum absolute atomic E-state index is 13.2. The van der Waals surface area contributed by atoms with Crippen LogP contribution in [0.4, 0.5) is 5.69 Å². The minimum absolute atomic E-state index is 0.113. The first kappa shape index (κ1) is 25.3. The molecular formula is C26H34N4O4S. The molecule has 0 atom stereocenters. The van der Waals surface area contributed by atoms with Crippen molar-refractivity contribution in [3.8, 4) is 5.88 Å². The number of para-hydroxylation sites is 1. The Kier molecular flexibility index (Phi) is 8.51. The molecule has 0 saturated carbocycles. The molecular weight excluding hydrogens is 464 g/mol. The van der Waals surface area contributed by atoms with E-state index in [9.17, 15) is 9.59 Å². The molecule has 1 amide bonds. The van der Waals surface area contributed by atoms with Gasteiger partial charge in [-0.3, -0.25) is 4.79 Å². The number of benzene rings is 1. The van der Waals surface area contributed by atoms with Gasteiger partial charge in [0.05, 0.1) is 29.3 Å². The molecule has 1 aromatic heterocycles. The number of thioether (sulfide) groups is 1. The fourth-order valence-corrected chi connectivity index (χ4v) is 5.34. The first-order valence-electron chi connectivity index (χ1n) is 12.2. The van der Waals surface area contributed by atoms with Gasteiger partial charge < -0.3 is 24.2 Å². The van der Waals surface area contributed by atoms with Gasteiger partial charge in [0, 0.05) is 43.9 Å². The summed E-state index contributed by atoms with van der Waals surface area (Å²) in [7, 11) is 4.03. The Labute approximate surface area is 211 Å². The van der Waals surface area contributed by atoms with Crippen molar-refractivity contribution in [1.82, 2.24) is 14.8 Å². The van der Waals surface area contributed by atoms with Crippen molar-refractivity contribution in [3.05, 3.63) is 40.8 Å². The molecule has 0 radical (unpaired) electrons. The van der Waals surface area contributed by atoms with Crippen LogP contribution in [-0.2, 0) is 9.53 Å². The number of anilines is 1. The lowest BCUT2D eigenvalue weighted by Gasteiger charge is -2.37. The lowest BCUT2D eigenvalue weighted by molar-refractivity contribution is -0.126. The summed E-state index contributed by atoms with van der Waals surface area (Å²) < 4.78 is 11.5. The zero-order valence-corrected chi connectivity index (χ0v) is 21.6. The van der Waals surface area contributed by atoms with Gasteiger partial charge in [-0.15, -0.1) is 11.8 Å². The highest BCUT2D eigenvalue weighted by Gasteiger charge is 2.31. The third kappa shape index (κ3) is 5.90. The van der Waals surface area contributed by atoms with Crippen LogP contribution in [0.2, 0.25) is 0 Å². The molecule has 3 heterocycles. The number of hydrogen-bond acceptors (Lipinski definition) is 8. The molecule has 8 nitrogen and oxygen atoms in total. The van der Waals surface area contributed by atoms with Crippen molar-refractivity contribution < 1.29 is 19.1 Å². The van der Waals surface area contributed by atoms with Crippen molar-refractivity contribution in [2.45, 2.75) is 19.8 Å². The summed E-state index contributed by atoms with van der Waals surface area (Å²) in [6.45, 7) is 5.80. The Bertz CT molecular complexity index is 1100. The first-order valence-corrected chi connectivity index (χ1v) is 13.2. The number of piperazine rings is 1. The number of nitrogens with zero attached hydrogens (tertiary/aromatic N) is 4. The number of ether oxygens (including phenoxy) is 2. The van der Waals surface area contributed by atoms with Crippen LogP contribution in [0.1, 0.15) is 30.1 Å². The average Bonchev–Trinajstić information content (AvgIpc) is 3.40. The summed E-state index contributed by atoms with van der Waals surface area (Å²) in [6, 6.07) is 7.80. The maximum atomic E-state index is 13.2. The summed E-state index contributed by atoms with van der Waals surface area (Å²) in [6.07, 6.45) is 3.80. The van der Waals surface area contributed by atoms with E-state index in [1.165, 1.54) is 0 Å². The molecule has 9 heteroatoms. The van der Waals surface area contributed by atoms with Crippen molar-refractivity contribution in [2.24, 2.45) is 0 Å². The molecule has 2 aliphatic rings. The van der Waals surface area contributed by atoms with Crippen LogP contribution in [-0.4, -0.2) is 92.4 Å². The van der Waals surface area contributed by atoms with Crippen LogP contribution in [0.25, 0.3) is 10.9 Å². The number of carbonyl (C=O) groups is 2. The minimum Gasteiger partial charge on any atom is -0.477 e. The lowest BCUT2D eigenvalue weighted by atomic mass is 10.1. The molecule has 4 rings (SSSR count). The third-order valence-corrected chi connectivity index (χ3v) is 7.19. The van der Waals surface area contributed by atoms with E-state index in [1.807, 2.05) is 49.3 Å². The predicted molar refractivity (Wildman–Crippen MR) is 140 cm³/mol. The molecule has 188 valence electrons. The molecule has 0 bridgehead atoms. The summed E-state index contributed by atoms with van der Waals surface area (Å²) in [5, 5.41) is 0.880. The van der Waals surface area contributed by atoms with E-state index in [1.54, 1.807) is 18.7 Å². The minimum atomic E-state index is -0.436. The number of fused-ring (bicyclic) bond motifs is 1. The lowest BCUT2D eigenvalue weighted by Crippen LogP contribution is -2.49. The van der Waals surface area contributed by atoms with E-state index in [0.717, 1.165) is 46.6 Å². The van der Waals surface area contributed by atoms with Gasteiger partial charge in [-0.05, 0) is 39.9 Å². The topological polar surface area (TPSA) is 75.2 Å². The van der Waals surface area contributed by atoms with Gasteiger partial charge in [-0.2, -0.15) is 0 Å². The van der Waals surface area contributed by atoms with Gasteiger partial charge in [0.15, 0.2) is 0 Å². The molecule has 2 aromatic rings. The van der Waals surface area contributed by atoms with Crippen molar-refractivity contribution in [3.63, 3.8) is 0 Å². The molecule has 0 unspecified atom stereocenters. The third-order valence-electron chi connectivity index (χ3n) is 6.10. The van der Waals surface area contributed by atoms with Crippen LogP contribution >= 0.6 is 11.8 Å². The van der Waals surface area contributed by atoms with Gasteiger partial charge in [-0.1, -0.05) is 24.3 Å². The Morgan fingerprint density at radius 2 is 1.91 bits per heavy atom. The second-order valence-corrected chi connectivity index (χ2v) is 10.0. The second-order valence-electron chi connectivity index (χ2n) is 8.87. The Morgan fingerprint density at radius 3 is 2.60 bits per heavy atom. The Morgan fingerprint density at radius 1 is 1.14 bits per heavy atom. The first-order chi connectivity index (χ1) is 17.0. The fourth-order valence-electron chi connectivity index (χ4n) is 4.40. The monoisotopic (exact) mass is 498 g/mol. The van der Waals surface area contributed by atoms with Gasteiger partial charge >= 0.3 is 5.97 Å². The normalized spacial score (nSPS) is 16.1. The van der Waals surface area contributed by atoms with E-state index >= 15 is 0 Å². The van der Waals surface area contributed by atoms with Gasteiger partial charge in [0.25, 0.3) is 5.91 Å². The molecule has 1 fully saturated rings. The highest BCUT2D eigenvalue weighted by Crippen LogP contribution is 2.37. The largest absolute Gasteiger partial charge is 0.477 e. The molecule has 0 N–H and O–H groups in total. The predicted octanol–water partition coefficient (Wildman–Crippen LogP) is 3.41. The Balaban J connectivity index is 1.65. The zero-order valence-electron chi connectivity index (χ0n) is 20.8. The van der Waals surface area contributed by atoms with Crippen molar-refractivity contribution in [2.75, 3.05) is 70.7 Å². The number of carbonyl (C=O) groups excluding carboxylic acids is 2. The van der Waals surface area contributed by atoms with Gasteiger partial charge in [0.2, 0.25) is 5.88 Å². The molecule has 1 aromatic carbocycles. The van der Waals surface area contributed by atoms with Crippen LogP contribution in [0.5, 0.6) is 5.88 Å². The van der Waals surface area contributed by atoms with Gasteiger partial charge in [-0.25, -0.2) is 9.78 Å². The summed E-state index contributed by atoms with van der Waals surface area (Å²) in [5.74, 6) is 0.961. The van der Waals surface area contributed by atoms with E-state index in [2.05, 4.69) is 9.80 Å². The average molecular weight is 499 g/mol. The standard InChI is InChI=1S/C26H34N4O4S/c1-4-33-26(32)22-23(29-13-15-30(16-14-29)25(31)21-11-7-18-35-21)19-9-5-6-10-20(19)27-24(22)34-17-8-12-28(2)3/h5-6,9-11H,4,7-8,12-18H2,1-3H3. The zero-order chi connectivity index (χ0) is 24.8. The van der Waals surface area contributed by atoms with Gasteiger partial charge in [0.1, 0.15) is 5.56 Å². The smallest absolute Gasteiger partial charge is 0.345 e. The summed E-state index contributed by atoms with van der Waals surface area (Å²) in [5.41, 5.74) is 1.91. The summed E-state index contributed by atoms with van der Waals surface area (Å²) in [4.78, 5) is 37.8. The van der Waals surface area contributed by atoms with E-state index in [0.29, 0.717) is 44.2 Å². The highest BCUT2D eigenvalue weighted by atomic mass is 32.2. The van der Waals surface area contributed by atoms with E-state index in [-0.39, 0.29) is 12.5 Å². The molecule has 2 aliphatic heterocycles. The SMILES string of the molecule is CCOC(=O)c1c(OCCCN(C)C)nc2ccccc2c1N1CCN(C(=O)C2=CCCS2)CC1. The number of hydrogen-bond donors (Lipinski definition) is 0. The van der Waals surface area contributed by atoms with Crippen LogP contribution < -0.4 is 9.64 Å². The molecule has 1 saturated heterocycles. The number of pyridine rings is 1. The quantitative estimate of drug-likeness (QED) is 0.385. The molecule has 0 spiro atoms.